The first-order chi connectivity index (χ1) is 7.63. The van der Waals surface area contributed by atoms with Crippen molar-refractivity contribution in [2.45, 2.75) is 46.5 Å². The first kappa shape index (κ1) is 13.2. The van der Waals surface area contributed by atoms with E-state index in [4.69, 9.17) is 4.74 Å². The van der Waals surface area contributed by atoms with Gasteiger partial charge in [0.05, 0.1) is 6.61 Å². The third kappa shape index (κ3) is 4.35. The minimum atomic E-state index is -0.0688. The van der Waals surface area contributed by atoms with Gasteiger partial charge in [0, 0.05) is 16.2 Å². The van der Waals surface area contributed by atoms with Gasteiger partial charge in [-0.3, -0.25) is 4.79 Å². The fraction of sp³-hybridized carbons (Fsp3) is 0.615. The highest BCUT2D eigenvalue weighted by molar-refractivity contribution is 7.12. The highest BCUT2D eigenvalue weighted by atomic mass is 32.1. The molecule has 0 aliphatic rings. The second-order valence-electron chi connectivity index (χ2n) is 3.95. The molecule has 1 heterocycles. The van der Waals surface area contributed by atoms with Gasteiger partial charge in [-0.05, 0) is 51.7 Å². The monoisotopic (exact) mass is 240 g/mol. The number of carbonyl (C=O) groups is 1. The zero-order valence-corrected chi connectivity index (χ0v) is 11.2. The molecule has 0 saturated heterocycles. The molecule has 1 aromatic rings. The van der Waals surface area contributed by atoms with Crippen molar-refractivity contribution in [3.05, 3.63) is 21.4 Å². The molecule has 3 heteroatoms. The lowest BCUT2D eigenvalue weighted by Gasteiger charge is -2.01. The molecule has 0 radical (unpaired) electrons. The normalized spacial score (nSPS) is 10.4. The number of carbonyl (C=O) groups excluding carboxylic acids is 1. The predicted molar refractivity (Wildman–Crippen MR) is 68.0 cm³/mol. The van der Waals surface area contributed by atoms with Gasteiger partial charge in [0.2, 0.25) is 0 Å². The molecule has 16 heavy (non-hydrogen) atoms. The average molecular weight is 240 g/mol. The smallest absolute Gasteiger partial charge is 0.305 e. The summed E-state index contributed by atoms with van der Waals surface area (Å²) in [6.07, 6.45) is 3.62. The first-order valence-corrected chi connectivity index (χ1v) is 6.66. The van der Waals surface area contributed by atoms with E-state index in [0.717, 1.165) is 19.3 Å². The maximum atomic E-state index is 11.1. The number of rotatable bonds is 6. The van der Waals surface area contributed by atoms with Crippen LogP contribution in [0.4, 0.5) is 0 Å². The van der Waals surface area contributed by atoms with Crippen molar-refractivity contribution >= 4 is 17.3 Å². The maximum Gasteiger partial charge on any atom is 0.305 e. The Bertz CT molecular complexity index is 342. The van der Waals surface area contributed by atoms with E-state index in [0.29, 0.717) is 13.0 Å². The summed E-state index contributed by atoms with van der Waals surface area (Å²) in [4.78, 5) is 13.9. The maximum absolute atomic E-state index is 11.1. The summed E-state index contributed by atoms with van der Waals surface area (Å²) >= 11 is 1.85. The van der Waals surface area contributed by atoms with Gasteiger partial charge in [-0.25, -0.2) is 0 Å². The third-order valence-corrected chi connectivity index (χ3v) is 3.53. The fourth-order valence-corrected chi connectivity index (χ4v) is 2.73. The molecular weight excluding hydrogens is 220 g/mol. The Labute approximate surface area is 102 Å². The summed E-state index contributed by atoms with van der Waals surface area (Å²) in [6, 6.07) is 2.25. The van der Waals surface area contributed by atoms with Crippen molar-refractivity contribution in [3.8, 4) is 0 Å². The van der Waals surface area contributed by atoms with Crippen LogP contribution in [0.25, 0.3) is 0 Å². The Morgan fingerprint density at radius 1 is 1.38 bits per heavy atom. The largest absolute Gasteiger partial charge is 0.466 e. The van der Waals surface area contributed by atoms with E-state index in [1.807, 2.05) is 18.3 Å². The van der Waals surface area contributed by atoms with Crippen LogP contribution >= 0.6 is 11.3 Å². The summed E-state index contributed by atoms with van der Waals surface area (Å²) in [5.41, 5.74) is 1.44. The van der Waals surface area contributed by atoms with Crippen LogP contribution < -0.4 is 0 Å². The van der Waals surface area contributed by atoms with Gasteiger partial charge in [-0.2, -0.15) is 0 Å². The summed E-state index contributed by atoms with van der Waals surface area (Å²) in [6.45, 7) is 6.63. The SMILES string of the molecule is CCOC(=O)CCCCc1cc(C)sc1C. The van der Waals surface area contributed by atoms with Gasteiger partial charge in [0.1, 0.15) is 0 Å². The van der Waals surface area contributed by atoms with E-state index in [2.05, 4.69) is 19.9 Å². The lowest BCUT2D eigenvalue weighted by atomic mass is 10.1. The molecule has 0 aromatic carbocycles. The number of hydrogen-bond donors (Lipinski definition) is 0. The van der Waals surface area contributed by atoms with Crippen LogP contribution in [0.2, 0.25) is 0 Å². The topological polar surface area (TPSA) is 26.3 Å². The summed E-state index contributed by atoms with van der Waals surface area (Å²) in [5.74, 6) is -0.0688. The van der Waals surface area contributed by atoms with Crippen LogP contribution in [-0.4, -0.2) is 12.6 Å². The number of hydrogen-bond acceptors (Lipinski definition) is 3. The minimum Gasteiger partial charge on any atom is -0.466 e. The van der Waals surface area contributed by atoms with Crippen molar-refractivity contribution in [1.82, 2.24) is 0 Å². The lowest BCUT2D eigenvalue weighted by molar-refractivity contribution is -0.143. The van der Waals surface area contributed by atoms with Gasteiger partial charge < -0.3 is 4.74 Å². The molecule has 0 N–H and O–H groups in total. The number of thiophene rings is 1. The molecule has 0 amide bonds. The fourth-order valence-electron chi connectivity index (χ4n) is 1.75. The van der Waals surface area contributed by atoms with Crippen molar-refractivity contribution in [2.75, 3.05) is 6.61 Å². The van der Waals surface area contributed by atoms with Gasteiger partial charge in [0.15, 0.2) is 0 Å². The van der Waals surface area contributed by atoms with Crippen LogP contribution in [0.1, 0.15) is 41.5 Å². The summed E-state index contributed by atoms with van der Waals surface area (Å²) in [5, 5.41) is 0. The van der Waals surface area contributed by atoms with E-state index in [9.17, 15) is 4.79 Å². The summed E-state index contributed by atoms with van der Waals surface area (Å²) in [7, 11) is 0. The van der Waals surface area contributed by atoms with E-state index in [-0.39, 0.29) is 5.97 Å². The molecule has 1 aromatic heterocycles. The Hall–Kier alpha value is -0.830. The van der Waals surface area contributed by atoms with Crippen LogP contribution in [0.15, 0.2) is 6.07 Å². The van der Waals surface area contributed by atoms with Crippen LogP contribution in [0, 0.1) is 13.8 Å². The zero-order valence-electron chi connectivity index (χ0n) is 10.3. The first-order valence-electron chi connectivity index (χ1n) is 5.85. The molecule has 0 bridgehead atoms. The molecule has 0 atom stereocenters. The standard InChI is InChI=1S/C13H20O2S/c1-4-15-13(14)8-6-5-7-12-9-10(2)16-11(12)3/h9H,4-8H2,1-3H3. The molecule has 0 unspecified atom stereocenters. The Morgan fingerprint density at radius 3 is 2.69 bits per heavy atom. The van der Waals surface area contributed by atoms with E-state index in [1.165, 1.54) is 15.3 Å². The zero-order chi connectivity index (χ0) is 12.0. The summed E-state index contributed by atoms with van der Waals surface area (Å²) < 4.78 is 4.89. The van der Waals surface area contributed by atoms with Crippen molar-refractivity contribution in [1.29, 1.82) is 0 Å². The van der Waals surface area contributed by atoms with Gasteiger partial charge in [-0.15, -0.1) is 11.3 Å². The Morgan fingerprint density at radius 2 is 2.12 bits per heavy atom. The van der Waals surface area contributed by atoms with E-state index < -0.39 is 0 Å². The second kappa shape index (κ2) is 6.69. The van der Waals surface area contributed by atoms with Crippen molar-refractivity contribution < 1.29 is 9.53 Å². The van der Waals surface area contributed by atoms with Crippen molar-refractivity contribution in [3.63, 3.8) is 0 Å². The molecule has 1 rings (SSSR count). The molecule has 0 aliphatic carbocycles. The third-order valence-electron chi connectivity index (χ3n) is 2.53. The predicted octanol–water partition coefficient (Wildman–Crippen LogP) is 3.64. The molecule has 2 nitrogen and oxygen atoms in total. The molecule has 0 spiro atoms. The average Bonchev–Trinajstić information content (AvgIpc) is 2.53. The molecular formula is C13H20O2S. The van der Waals surface area contributed by atoms with Crippen LogP contribution in [0.3, 0.4) is 0 Å². The molecule has 0 fully saturated rings. The minimum absolute atomic E-state index is 0.0688. The molecule has 0 saturated carbocycles. The highest BCUT2D eigenvalue weighted by Crippen LogP contribution is 2.22. The van der Waals surface area contributed by atoms with Crippen molar-refractivity contribution in [2.24, 2.45) is 0 Å². The van der Waals surface area contributed by atoms with Gasteiger partial charge in [-0.1, -0.05) is 0 Å². The van der Waals surface area contributed by atoms with E-state index in [1.54, 1.807) is 0 Å². The highest BCUT2D eigenvalue weighted by Gasteiger charge is 2.04. The Balaban J connectivity index is 2.21. The van der Waals surface area contributed by atoms with Gasteiger partial charge >= 0.3 is 5.97 Å². The van der Waals surface area contributed by atoms with E-state index >= 15 is 0 Å². The quantitative estimate of drug-likeness (QED) is 0.560. The van der Waals surface area contributed by atoms with Crippen LogP contribution in [0.5, 0.6) is 0 Å². The lowest BCUT2D eigenvalue weighted by Crippen LogP contribution is -2.03. The van der Waals surface area contributed by atoms with Crippen LogP contribution in [-0.2, 0) is 16.0 Å². The number of unbranched alkanes of at least 4 members (excludes halogenated alkanes) is 1. The number of ether oxygens (including phenoxy) is 1. The second-order valence-corrected chi connectivity index (χ2v) is 5.41. The van der Waals surface area contributed by atoms with Gasteiger partial charge in [0.25, 0.3) is 0 Å². The number of esters is 1. The molecule has 90 valence electrons. The molecule has 0 aliphatic heterocycles. The Kier molecular flexibility index (Phi) is 5.53. The number of aryl methyl sites for hydroxylation is 3.